The lowest BCUT2D eigenvalue weighted by atomic mass is 9.99. The first-order chi connectivity index (χ1) is 13.3. The van der Waals surface area contributed by atoms with Gasteiger partial charge in [-0.15, -0.1) is 12.4 Å². The minimum Gasteiger partial charge on any atom is -0.484 e. The Hall–Kier alpha value is -1.26. The van der Waals surface area contributed by atoms with Crippen LogP contribution in [-0.2, 0) is 11.2 Å². The number of piperidine rings is 1. The zero-order valence-electron chi connectivity index (χ0n) is 17.4. The van der Waals surface area contributed by atoms with E-state index in [0.717, 1.165) is 44.5 Å². The molecule has 158 valence electrons. The van der Waals surface area contributed by atoms with E-state index < -0.39 is 0 Å². The molecule has 0 radical (unpaired) electrons. The maximum atomic E-state index is 12.8. The zero-order valence-corrected chi connectivity index (χ0v) is 18.2. The number of carbonyl (C=O) groups is 1. The third kappa shape index (κ3) is 6.97. The van der Waals surface area contributed by atoms with Gasteiger partial charge in [0.1, 0.15) is 5.75 Å². The highest BCUT2D eigenvalue weighted by Gasteiger charge is 2.27. The third-order valence-electron chi connectivity index (χ3n) is 6.12. The first-order valence-electron chi connectivity index (χ1n) is 11.0. The molecule has 2 aliphatic rings. The van der Waals surface area contributed by atoms with Crippen molar-refractivity contribution in [3.05, 3.63) is 29.8 Å². The second-order valence-electron chi connectivity index (χ2n) is 8.07. The Balaban J connectivity index is 0.00000280. The van der Waals surface area contributed by atoms with Crippen LogP contribution in [0.1, 0.15) is 63.9 Å². The van der Waals surface area contributed by atoms with Gasteiger partial charge < -0.3 is 14.5 Å². The van der Waals surface area contributed by atoms with E-state index >= 15 is 0 Å². The van der Waals surface area contributed by atoms with Crippen molar-refractivity contribution in [1.82, 2.24) is 9.80 Å². The van der Waals surface area contributed by atoms with Gasteiger partial charge in [0.05, 0.1) is 0 Å². The Morgan fingerprint density at radius 2 is 1.68 bits per heavy atom. The highest BCUT2D eigenvalue weighted by molar-refractivity contribution is 5.85. The normalized spacial score (nSPS) is 20.9. The minimum atomic E-state index is 0. The molecule has 2 saturated heterocycles. The monoisotopic (exact) mass is 408 g/mol. The van der Waals surface area contributed by atoms with E-state index in [2.05, 4.69) is 28.9 Å². The highest BCUT2D eigenvalue weighted by Crippen LogP contribution is 2.22. The van der Waals surface area contributed by atoms with E-state index in [1.54, 1.807) is 0 Å². The standard InChI is InChI=1S/C23H36N2O2.ClH/c1-2-20-10-12-22(13-11-20)27-19-23(26)25-17-8-5-9-21(25)14-18-24-15-6-3-4-7-16-24;/h10-13,21H,2-9,14-19H2,1H3;1H. The Labute approximate surface area is 177 Å². The quantitative estimate of drug-likeness (QED) is 0.655. The maximum Gasteiger partial charge on any atom is 0.260 e. The molecule has 1 amide bonds. The number of rotatable bonds is 7. The van der Waals surface area contributed by atoms with Crippen LogP contribution in [0.4, 0.5) is 0 Å². The minimum absolute atomic E-state index is 0. The predicted molar refractivity (Wildman–Crippen MR) is 117 cm³/mol. The van der Waals surface area contributed by atoms with Crippen LogP contribution in [-0.4, -0.2) is 54.5 Å². The fourth-order valence-electron chi connectivity index (χ4n) is 4.37. The van der Waals surface area contributed by atoms with E-state index in [-0.39, 0.29) is 24.9 Å². The SMILES string of the molecule is CCc1ccc(OCC(=O)N2CCCCC2CCN2CCCCCC2)cc1.Cl. The molecule has 4 nitrogen and oxygen atoms in total. The molecule has 2 heterocycles. The summed E-state index contributed by atoms with van der Waals surface area (Å²) in [5.41, 5.74) is 1.29. The van der Waals surface area contributed by atoms with Gasteiger partial charge in [0.2, 0.25) is 0 Å². The maximum absolute atomic E-state index is 12.8. The number of halogens is 1. The smallest absolute Gasteiger partial charge is 0.260 e. The van der Waals surface area contributed by atoms with Crippen molar-refractivity contribution in [3.8, 4) is 5.75 Å². The van der Waals surface area contributed by atoms with Crippen LogP contribution in [0, 0.1) is 0 Å². The van der Waals surface area contributed by atoms with Gasteiger partial charge in [-0.25, -0.2) is 0 Å². The number of nitrogens with zero attached hydrogens (tertiary/aromatic N) is 2. The molecule has 2 fully saturated rings. The molecule has 1 atom stereocenters. The summed E-state index contributed by atoms with van der Waals surface area (Å²) < 4.78 is 5.78. The summed E-state index contributed by atoms with van der Waals surface area (Å²) in [7, 11) is 0. The average Bonchev–Trinajstić information content (AvgIpc) is 3.00. The van der Waals surface area contributed by atoms with Crippen molar-refractivity contribution in [2.75, 3.05) is 32.8 Å². The van der Waals surface area contributed by atoms with Crippen LogP contribution in [0.15, 0.2) is 24.3 Å². The van der Waals surface area contributed by atoms with Gasteiger partial charge >= 0.3 is 0 Å². The second kappa shape index (κ2) is 12.3. The topological polar surface area (TPSA) is 32.8 Å². The van der Waals surface area contributed by atoms with Gasteiger partial charge in [0.25, 0.3) is 5.91 Å². The largest absolute Gasteiger partial charge is 0.484 e. The Bertz CT molecular complexity index is 570. The molecule has 0 spiro atoms. The van der Waals surface area contributed by atoms with Crippen molar-refractivity contribution in [2.24, 2.45) is 0 Å². The first kappa shape index (κ1) is 23.0. The first-order valence-corrected chi connectivity index (χ1v) is 11.0. The summed E-state index contributed by atoms with van der Waals surface area (Å²) >= 11 is 0. The molecule has 0 N–H and O–H groups in total. The Morgan fingerprint density at radius 1 is 1.00 bits per heavy atom. The molecule has 3 rings (SSSR count). The molecule has 1 unspecified atom stereocenters. The number of hydrogen-bond donors (Lipinski definition) is 0. The third-order valence-corrected chi connectivity index (χ3v) is 6.12. The van der Waals surface area contributed by atoms with Crippen molar-refractivity contribution in [2.45, 2.75) is 70.8 Å². The summed E-state index contributed by atoms with van der Waals surface area (Å²) in [5.74, 6) is 0.939. The fraction of sp³-hybridized carbons (Fsp3) is 0.696. The van der Waals surface area contributed by atoms with Gasteiger partial charge in [0, 0.05) is 19.1 Å². The van der Waals surface area contributed by atoms with Crippen molar-refractivity contribution in [1.29, 1.82) is 0 Å². The molecule has 1 aromatic carbocycles. The van der Waals surface area contributed by atoms with E-state index in [0.29, 0.717) is 6.04 Å². The van der Waals surface area contributed by atoms with Crippen molar-refractivity contribution in [3.63, 3.8) is 0 Å². The molecule has 28 heavy (non-hydrogen) atoms. The summed E-state index contributed by atoms with van der Waals surface area (Å²) in [5, 5.41) is 0. The molecule has 0 bridgehead atoms. The van der Waals surface area contributed by atoms with E-state index in [4.69, 9.17) is 4.74 Å². The van der Waals surface area contributed by atoms with Gasteiger partial charge in [-0.3, -0.25) is 4.79 Å². The average molecular weight is 409 g/mol. The van der Waals surface area contributed by atoms with Gasteiger partial charge in [-0.05, 0) is 75.7 Å². The lowest BCUT2D eigenvalue weighted by Crippen LogP contribution is -2.47. The van der Waals surface area contributed by atoms with E-state index in [1.807, 2.05) is 12.1 Å². The van der Waals surface area contributed by atoms with Crippen molar-refractivity contribution < 1.29 is 9.53 Å². The Kier molecular flexibility index (Phi) is 10.1. The summed E-state index contributed by atoms with van der Waals surface area (Å²) in [6.07, 6.45) is 11.1. The molecule has 0 aliphatic carbocycles. The molecule has 5 heteroatoms. The van der Waals surface area contributed by atoms with Crippen LogP contribution in [0.2, 0.25) is 0 Å². The van der Waals surface area contributed by atoms with Gasteiger partial charge in [-0.1, -0.05) is 31.9 Å². The number of likely N-dealkylation sites (tertiary alicyclic amines) is 2. The van der Waals surface area contributed by atoms with E-state index in [9.17, 15) is 4.79 Å². The zero-order chi connectivity index (χ0) is 18.9. The fourth-order valence-corrected chi connectivity index (χ4v) is 4.37. The molecular formula is C23H37ClN2O2. The van der Waals surface area contributed by atoms with E-state index in [1.165, 1.54) is 50.8 Å². The molecular weight excluding hydrogens is 372 g/mol. The molecule has 2 aliphatic heterocycles. The highest BCUT2D eigenvalue weighted by atomic mass is 35.5. The van der Waals surface area contributed by atoms with Crippen LogP contribution in [0.25, 0.3) is 0 Å². The number of aryl methyl sites for hydroxylation is 1. The van der Waals surface area contributed by atoms with Crippen molar-refractivity contribution >= 4 is 18.3 Å². The number of carbonyl (C=O) groups excluding carboxylic acids is 1. The number of benzene rings is 1. The summed E-state index contributed by atoms with van der Waals surface area (Å²) in [6.45, 7) is 6.79. The number of amides is 1. The van der Waals surface area contributed by atoms with Crippen LogP contribution in [0.5, 0.6) is 5.75 Å². The Morgan fingerprint density at radius 3 is 2.36 bits per heavy atom. The second-order valence-corrected chi connectivity index (χ2v) is 8.07. The van der Waals surface area contributed by atoms with Crippen LogP contribution < -0.4 is 4.74 Å². The van der Waals surface area contributed by atoms with Gasteiger partial charge in [0.15, 0.2) is 6.61 Å². The molecule has 1 aromatic rings. The van der Waals surface area contributed by atoms with Crippen LogP contribution in [0.3, 0.4) is 0 Å². The lowest BCUT2D eigenvalue weighted by molar-refractivity contribution is -0.137. The number of ether oxygens (including phenoxy) is 1. The number of hydrogen-bond acceptors (Lipinski definition) is 3. The van der Waals surface area contributed by atoms with Crippen LogP contribution >= 0.6 is 12.4 Å². The van der Waals surface area contributed by atoms with Gasteiger partial charge in [-0.2, -0.15) is 0 Å². The summed E-state index contributed by atoms with van der Waals surface area (Å²) in [6, 6.07) is 8.48. The molecule has 0 saturated carbocycles. The predicted octanol–water partition coefficient (Wildman–Crippen LogP) is 4.70. The lowest BCUT2D eigenvalue weighted by Gasteiger charge is -2.37. The summed E-state index contributed by atoms with van der Waals surface area (Å²) in [4.78, 5) is 17.5. The molecule has 0 aromatic heterocycles.